The lowest BCUT2D eigenvalue weighted by molar-refractivity contribution is -0.142. The van der Waals surface area contributed by atoms with Crippen LogP contribution in [0.2, 0.25) is 0 Å². The van der Waals surface area contributed by atoms with Crippen molar-refractivity contribution in [2.24, 2.45) is 11.5 Å². The van der Waals surface area contributed by atoms with Gasteiger partial charge >= 0.3 is 5.97 Å². The molecule has 0 aliphatic rings. The molecule has 0 fully saturated rings. The number of nitrogens with two attached hydrogens (primary N) is 2. The molecule has 4 atom stereocenters. The first-order valence-corrected chi connectivity index (χ1v) is 14.4. The number of aromatic nitrogens is 1. The number of amides is 4. The molecule has 4 amide bonds. The van der Waals surface area contributed by atoms with E-state index < -0.39 is 60.2 Å². The van der Waals surface area contributed by atoms with Crippen molar-refractivity contribution in [1.29, 1.82) is 0 Å². The Hall–Kier alpha value is -5.49. The molecular weight excluding hydrogens is 576 g/mol. The van der Waals surface area contributed by atoms with Crippen molar-refractivity contribution in [2.75, 3.05) is 0 Å². The van der Waals surface area contributed by atoms with Crippen LogP contribution >= 0.6 is 0 Å². The molecule has 9 N–H and O–H groups in total. The number of fused-ring (bicyclic) bond motifs is 1. The number of carbonyl (C=O) groups is 5. The average Bonchev–Trinajstić information content (AvgIpc) is 3.43. The first kappa shape index (κ1) is 32.4. The number of benzene rings is 3. The highest BCUT2D eigenvalue weighted by molar-refractivity contribution is 5.96. The SMILES string of the molecule is NC(=O)CC(NC(=O)C(Cc1ccccc1)NC(=O)C(N)Cc1c[nH]c2ccccc12)C(=O)NC(Cc1ccccc1)C(=O)O. The fourth-order valence-corrected chi connectivity index (χ4v) is 4.97. The summed E-state index contributed by atoms with van der Waals surface area (Å²) >= 11 is 0. The Morgan fingerprint density at radius 2 is 1.18 bits per heavy atom. The lowest BCUT2D eigenvalue weighted by Gasteiger charge is -2.25. The van der Waals surface area contributed by atoms with Gasteiger partial charge in [-0.3, -0.25) is 19.2 Å². The Morgan fingerprint density at radius 1 is 0.667 bits per heavy atom. The fourth-order valence-electron chi connectivity index (χ4n) is 4.97. The summed E-state index contributed by atoms with van der Waals surface area (Å²) in [5.74, 6) is -4.47. The maximum Gasteiger partial charge on any atom is 0.326 e. The first-order chi connectivity index (χ1) is 21.6. The Kier molecular flexibility index (Phi) is 11.0. The van der Waals surface area contributed by atoms with Crippen molar-refractivity contribution in [3.8, 4) is 0 Å². The Labute approximate surface area is 259 Å². The van der Waals surface area contributed by atoms with Crippen LogP contribution in [0.5, 0.6) is 0 Å². The number of hydrogen-bond donors (Lipinski definition) is 7. The number of para-hydroxylation sites is 1. The van der Waals surface area contributed by atoms with Crippen molar-refractivity contribution >= 4 is 40.5 Å². The number of nitrogens with one attached hydrogen (secondary N) is 4. The Bertz CT molecular complexity index is 1640. The van der Waals surface area contributed by atoms with E-state index >= 15 is 0 Å². The van der Waals surface area contributed by atoms with Crippen LogP contribution in [0.4, 0.5) is 0 Å². The largest absolute Gasteiger partial charge is 0.480 e. The van der Waals surface area contributed by atoms with E-state index in [4.69, 9.17) is 11.5 Å². The molecule has 0 bridgehead atoms. The number of aliphatic carboxylic acids is 1. The zero-order valence-corrected chi connectivity index (χ0v) is 24.4. The summed E-state index contributed by atoms with van der Waals surface area (Å²) in [7, 11) is 0. The molecule has 0 aliphatic heterocycles. The molecule has 0 spiro atoms. The summed E-state index contributed by atoms with van der Waals surface area (Å²) in [6, 6.07) is 20.1. The van der Waals surface area contributed by atoms with E-state index in [1.54, 1.807) is 66.9 Å². The number of rotatable bonds is 15. The average molecular weight is 613 g/mol. The molecule has 3 aromatic carbocycles. The molecule has 4 unspecified atom stereocenters. The van der Waals surface area contributed by atoms with Gasteiger partial charge in [0.05, 0.1) is 12.5 Å². The summed E-state index contributed by atoms with van der Waals surface area (Å²) in [6.07, 6.45) is 1.40. The molecule has 234 valence electrons. The number of carboxylic acid groups (broad SMARTS) is 1. The smallest absolute Gasteiger partial charge is 0.326 e. The molecule has 0 saturated carbocycles. The van der Waals surface area contributed by atoms with E-state index in [1.807, 2.05) is 24.3 Å². The van der Waals surface area contributed by atoms with E-state index in [-0.39, 0.29) is 19.3 Å². The molecular formula is C33H36N6O6. The molecule has 0 radical (unpaired) electrons. The van der Waals surface area contributed by atoms with Gasteiger partial charge in [-0.2, -0.15) is 0 Å². The maximum absolute atomic E-state index is 13.6. The summed E-state index contributed by atoms with van der Waals surface area (Å²) in [5.41, 5.74) is 14.7. The van der Waals surface area contributed by atoms with E-state index in [9.17, 15) is 29.1 Å². The van der Waals surface area contributed by atoms with Crippen LogP contribution < -0.4 is 27.4 Å². The lowest BCUT2D eigenvalue weighted by atomic mass is 10.0. The van der Waals surface area contributed by atoms with Gasteiger partial charge in [-0.1, -0.05) is 78.9 Å². The van der Waals surface area contributed by atoms with Crippen molar-refractivity contribution in [1.82, 2.24) is 20.9 Å². The fraction of sp³-hybridized carbons (Fsp3) is 0.242. The van der Waals surface area contributed by atoms with Gasteiger partial charge in [-0.25, -0.2) is 4.79 Å². The van der Waals surface area contributed by atoms with Gasteiger partial charge in [-0.05, 0) is 29.2 Å². The molecule has 0 aliphatic carbocycles. The molecule has 1 heterocycles. The molecule has 0 saturated heterocycles. The standard InChI is InChI=1S/C33H36N6O6/c34-24(17-22-19-36-25-14-8-7-13-23(22)25)30(41)37-26(15-20-9-3-1-4-10-20)31(42)38-27(18-29(35)40)32(43)39-28(33(44)45)16-21-11-5-2-6-12-21/h1-14,19,24,26-28,36H,15-18,34H2,(H2,35,40)(H,37,41)(H,38,42)(H,39,43)(H,44,45). The zero-order valence-electron chi connectivity index (χ0n) is 24.4. The normalized spacial score (nSPS) is 13.6. The molecule has 1 aromatic heterocycles. The predicted octanol–water partition coefficient (Wildman–Crippen LogP) is 0.938. The molecule has 4 aromatic rings. The lowest BCUT2D eigenvalue weighted by Crippen LogP contribution is -2.58. The van der Waals surface area contributed by atoms with E-state index in [0.29, 0.717) is 11.1 Å². The van der Waals surface area contributed by atoms with Gasteiger partial charge < -0.3 is 37.5 Å². The van der Waals surface area contributed by atoms with Gasteiger partial charge in [0.1, 0.15) is 18.1 Å². The van der Waals surface area contributed by atoms with Crippen molar-refractivity contribution in [3.63, 3.8) is 0 Å². The number of carbonyl (C=O) groups excluding carboxylic acids is 4. The Morgan fingerprint density at radius 3 is 1.78 bits per heavy atom. The number of hydrogen-bond acceptors (Lipinski definition) is 6. The van der Waals surface area contributed by atoms with Gasteiger partial charge in [0.25, 0.3) is 0 Å². The molecule has 12 heteroatoms. The van der Waals surface area contributed by atoms with Crippen molar-refractivity contribution in [3.05, 3.63) is 108 Å². The minimum atomic E-state index is -1.50. The summed E-state index contributed by atoms with van der Waals surface area (Å²) < 4.78 is 0. The maximum atomic E-state index is 13.6. The van der Waals surface area contributed by atoms with Crippen LogP contribution in [0.15, 0.2) is 91.1 Å². The summed E-state index contributed by atoms with van der Waals surface area (Å²) in [5, 5.41) is 18.2. The van der Waals surface area contributed by atoms with E-state index in [0.717, 1.165) is 16.5 Å². The van der Waals surface area contributed by atoms with Gasteiger partial charge in [0.2, 0.25) is 23.6 Å². The predicted molar refractivity (Wildman–Crippen MR) is 168 cm³/mol. The van der Waals surface area contributed by atoms with E-state index in [1.165, 1.54) is 0 Å². The van der Waals surface area contributed by atoms with Crippen LogP contribution in [0, 0.1) is 0 Å². The van der Waals surface area contributed by atoms with Crippen molar-refractivity contribution < 1.29 is 29.1 Å². The van der Waals surface area contributed by atoms with Crippen LogP contribution in [0.3, 0.4) is 0 Å². The second-order valence-corrected chi connectivity index (χ2v) is 10.7. The van der Waals surface area contributed by atoms with Crippen LogP contribution in [0.1, 0.15) is 23.1 Å². The third-order valence-corrected chi connectivity index (χ3v) is 7.30. The van der Waals surface area contributed by atoms with Gasteiger partial charge in [-0.15, -0.1) is 0 Å². The quantitative estimate of drug-likeness (QED) is 0.103. The monoisotopic (exact) mass is 612 g/mol. The number of carboxylic acids is 1. The molecule has 4 rings (SSSR count). The third-order valence-electron chi connectivity index (χ3n) is 7.30. The van der Waals surface area contributed by atoms with Crippen LogP contribution in [-0.2, 0) is 43.2 Å². The topological polar surface area (TPSA) is 209 Å². The highest BCUT2D eigenvalue weighted by atomic mass is 16.4. The Balaban J connectivity index is 1.49. The van der Waals surface area contributed by atoms with Gasteiger partial charge in [0, 0.05) is 29.9 Å². The van der Waals surface area contributed by atoms with Crippen LogP contribution in [-0.4, -0.2) is 63.9 Å². The first-order valence-electron chi connectivity index (χ1n) is 14.4. The number of primary amides is 1. The highest BCUT2D eigenvalue weighted by Crippen LogP contribution is 2.19. The summed E-state index contributed by atoms with van der Waals surface area (Å²) in [4.78, 5) is 67.0. The number of H-pyrrole nitrogens is 1. The third kappa shape index (κ3) is 9.25. The minimum Gasteiger partial charge on any atom is -0.480 e. The molecule has 12 nitrogen and oxygen atoms in total. The summed E-state index contributed by atoms with van der Waals surface area (Å²) in [6.45, 7) is 0. The van der Waals surface area contributed by atoms with Crippen LogP contribution in [0.25, 0.3) is 10.9 Å². The zero-order chi connectivity index (χ0) is 32.3. The molecule has 45 heavy (non-hydrogen) atoms. The van der Waals surface area contributed by atoms with Gasteiger partial charge in [0.15, 0.2) is 0 Å². The second kappa shape index (κ2) is 15.3. The van der Waals surface area contributed by atoms with E-state index in [2.05, 4.69) is 20.9 Å². The second-order valence-electron chi connectivity index (χ2n) is 10.7. The highest BCUT2D eigenvalue weighted by Gasteiger charge is 2.31. The number of aromatic amines is 1. The van der Waals surface area contributed by atoms with Crippen molar-refractivity contribution in [2.45, 2.75) is 49.9 Å². The minimum absolute atomic E-state index is 0.0276.